The van der Waals surface area contributed by atoms with Gasteiger partial charge in [0.2, 0.25) is 5.89 Å². The molecule has 0 unspecified atom stereocenters. The van der Waals surface area contributed by atoms with Crippen LogP contribution < -0.4 is 0 Å². The van der Waals surface area contributed by atoms with E-state index in [0.717, 1.165) is 12.8 Å². The number of aromatic nitrogens is 2. The Bertz CT molecular complexity index is 702. The molecule has 21 heavy (non-hydrogen) atoms. The molecule has 0 aliphatic heterocycles. The van der Waals surface area contributed by atoms with E-state index in [1.807, 2.05) is 18.2 Å². The molecule has 3 aromatic rings. The molecule has 0 saturated carbocycles. The van der Waals surface area contributed by atoms with Crippen LogP contribution in [0.25, 0.3) is 11.2 Å². The number of carbonyl (C=O) groups is 1. The summed E-state index contributed by atoms with van der Waals surface area (Å²) in [5, 5.41) is 0. The largest absolute Gasteiger partial charge is 0.438 e. The first-order valence-corrected chi connectivity index (χ1v) is 7.07. The van der Waals surface area contributed by atoms with Gasteiger partial charge in [0.05, 0.1) is 6.42 Å². The molecule has 0 aliphatic rings. The number of hydrogen-bond acceptors (Lipinski definition) is 4. The lowest BCUT2D eigenvalue weighted by molar-refractivity contribution is -0.118. The number of fused-ring (bicyclic) bond motifs is 1. The van der Waals surface area contributed by atoms with Crippen LogP contribution in [0.15, 0.2) is 53.1 Å². The summed E-state index contributed by atoms with van der Waals surface area (Å²) in [5.74, 6) is 0.603. The molecule has 3 rings (SSSR count). The highest BCUT2D eigenvalue weighted by Crippen LogP contribution is 2.14. The van der Waals surface area contributed by atoms with E-state index in [1.54, 1.807) is 18.3 Å². The molecular formula is C17H16N2O2. The normalized spacial score (nSPS) is 10.9. The lowest BCUT2D eigenvalue weighted by Gasteiger charge is -2.00. The van der Waals surface area contributed by atoms with Gasteiger partial charge >= 0.3 is 0 Å². The van der Waals surface area contributed by atoms with Gasteiger partial charge in [0.1, 0.15) is 5.78 Å². The van der Waals surface area contributed by atoms with Crippen molar-refractivity contribution in [3.8, 4) is 0 Å². The minimum Gasteiger partial charge on any atom is -0.438 e. The van der Waals surface area contributed by atoms with Gasteiger partial charge in [0, 0.05) is 12.6 Å². The maximum Gasteiger partial charge on any atom is 0.204 e. The van der Waals surface area contributed by atoms with E-state index in [0.29, 0.717) is 23.5 Å². The van der Waals surface area contributed by atoms with Crippen molar-refractivity contribution in [1.29, 1.82) is 0 Å². The number of nitrogens with zero attached hydrogens (tertiary/aromatic N) is 2. The van der Waals surface area contributed by atoms with Gasteiger partial charge in [-0.05, 0) is 30.5 Å². The van der Waals surface area contributed by atoms with E-state index in [4.69, 9.17) is 4.42 Å². The van der Waals surface area contributed by atoms with Crippen LogP contribution in [0.4, 0.5) is 0 Å². The Balaban J connectivity index is 1.52. The number of aryl methyl sites for hydroxylation is 1. The zero-order valence-corrected chi connectivity index (χ0v) is 11.7. The second-order valence-corrected chi connectivity index (χ2v) is 4.99. The fraction of sp³-hybridized carbons (Fsp3) is 0.235. The Morgan fingerprint density at radius 2 is 1.95 bits per heavy atom. The Morgan fingerprint density at radius 1 is 1.10 bits per heavy atom. The van der Waals surface area contributed by atoms with Crippen LogP contribution in [-0.2, 0) is 17.6 Å². The van der Waals surface area contributed by atoms with E-state index in [-0.39, 0.29) is 12.2 Å². The third-order valence-electron chi connectivity index (χ3n) is 3.32. The molecule has 106 valence electrons. The molecule has 1 aromatic carbocycles. The first kappa shape index (κ1) is 13.5. The summed E-state index contributed by atoms with van der Waals surface area (Å²) in [5.41, 5.74) is 2.45. The van der Waals surface area contributed by atoms with Gasteiger partial charge < -0.3 is 4.42 Å². The summed E-state index contributed by atoms with van der Waals surface area (Å²) in [6.07, 6.45) is 4.21. The minimum absolute atomic E-state index is 0.150. The number of oxazole rings is 1. The van der Waals surface area contributed by atoms with Crippen molar-refractivity contribution in [2.45, 2.75) is 25.7 Å². The topological polar surface area (TPSA) is 56.0 Å². The quantitative estimate of drug-likeness (QED) is 0.694. The Labute approximate surface area is 122 Å². The SMILES string of the molecule is O=C(CCCc1ccccc1)Cc1nc2ncccc2o1. The van der Waals surface area contributed by atoms with Crippen LogP contribution in [-0.4, -0.2) is 15.8 Å². The van der Waals surface area contributed by atoms with Gasteiger partial charge in [-0.1, -0.05) is 30.3 Å². The molecule has 0 fully saturated rings. The second kappa shape index (κ2) is 6.31. The molecule has 0 atom stereocenters. The predicted molar refractivity (Wildman–Crippen MR) is 79.9 cm³/mol. The molecule has 0 amide bonds. The number of hydrogen-bond donors (Lipinski definition) is 0. The van der Waals surface area contributed by atoms with E-state index in [1.165, 1.54) is 5.56 Å². The van der Waals surface area contributed by atoms with Crippen molar-refractivity contribution < 1.29 is 9.21 Å². The maximum atomic E-state index is 12.0. The average molecular weight is 280 g/mol. The summed E-state index contributed by atoms with van der Waals surface area (Å²) in [4.78, 5) is 20.3. The van der Waals surface area contributed by atoms with Gasteiger partial charge in [-0.15, -0.1) is 0 Å². The molecule has 4 nitrogen and oxygen atoms in total. The van der Waals surface area contributed by atoms with Crippen molar-refractivity contribution >= 4 is 17.0 Å². The Kier molecular flexibility index (Phi) is 4.05. The highest BCUT2D eigenvalue weighted by atomic mass is 16.3. The number of pyridine rings is 1. The van der Waals surface area contributed by atoms with Crippen LogP contribution >= 0.6 is 0 Å². The monoisotopic (exact) mass is 280 g/mol. The molecule has 0 aliphatic carbocycles. The number of Topliss-reactive ketones (excluding diaryl/α,β-unsaturated/α-hetero) is 1. The van der Waals surface area contributed by atoms with E-state index in [9.17, 15) is 4.79 Å². The first-order valence-electron chi connectivity index (χ1n) is 7.07. The lowest BCUT2D eigenvalue weighted by atomic mass is 10.1. The van der Waals surface area contributed by atoms with Crippen molar-refractivity contribution in [2.24, 2.45) is 0 Å². The van der Waals surface area contributed by atoms with Gasteiger partial charge in [-0.25, -0.2) is 4.98 Å². The highest BCUT2D eigenvalue weighted by Gasteiger charge is 2.11. The number of benzene rings is 1. The van der Waals surface area contributed by atoms with Crippen molar-refractivity contribution in [2.75, 3.05) is 0 Å². The van der Waals surface area contributed by atoms with E-state index in [2.05, 4.69) is 22.1 Å². The average Bonchev–Trinajstić information content (AvgIpc) is 2.90. The number of rotatable bonds is 6. The number of carbonyl (C=O) groups excluding carboxylic acids is 1. The third-order valence-corrected chi connectivity index (χ3v) is 3.32. The molecule has 0 saturated heterocycles. The summed E-state index contributed by atoms with van der Waals surface area (Å²) in [6.45, 7) is 0. The van der Waals surface area contributed by atoms with E-state index >= 15 is 0 Å². The van der Waals surface area contributed by atoms with Crippen LogP contribution in [0.1, 0.15) is 24.3 Å². The highest BCUT2D eigenvalue weighted by molar-refractivity contribution is 5.80. The fourth-order valence-corrected chi connectivity index (χ4v) is 2.28. The van der Waals surface area contributed by atoms with Crippen molar-refractivity contribution in [3.63, 3.8) is 0 Å². The second-order valence-electron chi connectivity index (χ2n) is 4.99. The fourth-order valence-electron chi connectivity index (χ4n) is 2.28. The van der Waals surface area contributed by atoms with E-state index < -0.39 is 0 Å². The molecule has 0 spiro atoms. The Hall–Kier alpha value is -2.49. The van der Waals surface area contributed by atoms with Gasteiger partial charge in [-0.3, -0.25) is 4.79 Å². The predicted octanol–water partition coefficient (Wildman–Crippen LogP) is 3.36. The van der Waals surface area contributed by atoms with Gasteiger partial charge in [0.15, 0.2) is 11.2 Å². The molecule has 4 heteroatoms. The van der Waals surface area contributed by atoms with Crippen molar-refractivity contribution in [1.82, 2.24) is 9.97 Å². The molecular weight excluding hydrogens is 264 g/mol. The zero-order chi connectivity index (χ0) is 14.5. The van der Waals surface area contributed by atoms with Crippen molar-refractivity contribution in [3.05, 3.63) is 60.1 Å². The molecule has 0 radical (unpaired) electrons. The third kappa shape index (κ3) is 3.54. The van der Waals surface area contributed by atoms with Crippen LogP contribution in [0, 0.1) is 0 Å². The summed E-state index contributed by atoms with van der Waals surface area (Å²) in [6, 6.07) is 13.8. The van der Waals surface area contributed by atoms with Crippen LogP contribution in [0.2, 0.25) is 0 Å². The molecule has 0 N–H and O–H groups in total. The minimum atomic E-state index is 0.150. The van der Waals surface area contributed by atoms with Gasteiger partial charge in [0.25, 0.3) is 0 Å². The van der Waals surface area contributed by atoms with Crippen LogP contribution in [0.5, 0.6) is 0 Å². The van der Waals surface area contributed by atoms with Crippen LogP contribution in [0.3, 0.4) is 0 Å². The lowest BCUT2D eigenvalue weighted by Crippen LogP contribution is -2.03. The number of ketones is 1. The smallest absolute Gasteiger partial charge is 0.204 e. The molecule has 2 heterocycles. The first-order chi connectivity index (χ1) is 10.3. The summed E-state index contributed by atoms with van der Waals surface area (Å²) >= 11 is 0. The summed E-state index contributed by atoms with van der Waals surface area (Å²) < 4.78 is 5.51. The maximum absolute atomic E-state index is 12.0. The standard InChI is InChI=1S/C17H16N2O2/c20-14(9-4-8-13-6-2-1-3-7-13)12-16-19-17-15(21-16)10-5-11-18-17/h1-3,5-7,10-11H,4,8-9,12H2. The molecule has 0 bridgehead atoms. The zero-order valence-electron chi connectivity index (χ0n) is 11.7. The summed E-state index contributed by atoms with van der Waals surface area (Å²) in [7, 11) is 0. The molecule has 2 aromatic heterocycles. The Morgan fingerprint density at radius 3 is 2.76 bits per heavy atom. The van der Waals surface area contributed by atoms with Gasteiger partial charge in [-0.2, -0.15) is 4.98 Å².